The van der Waals surface area contributed by atoms with Gasteiger partial charge in [0.15, 0.2) is 0 Å². The zero-order valence-corrected chi connectivity index (χ0v) is 9.00. The summed E-state index contributed by atoms with van der Waals surface area (Å²) in [7, 11) is 1.59. The average molecular weight is 216 g/mol. The van der Waals surface area contributed by atoms with Gasteiger partial charge in [-0.1, -0.05) is 17.2 Å². The number of ether oxygens (including phenoxy) is 1. The van der Waals surface area contributed by atoms with Crippen molar-refractivity contribution in [1.82, 2.24) is 0 Å². The van der Waals surface area contributed by atoms with Crippen molar-refractivity contribution in [3.63, 3.8) is 0 Å². The molecule has 0 bridgehead atoms. The van der Waals surface area contributed by atoms with Gasteiger partial charge in [-0.15, -0.1) is 0 Å². The van der Waals surface area contributed by atoms with E-state index >= 15 is 0 Å². The Kier molecular flexibility index (Phi) is 4.71. The predicted octanol–water partition coefficient (Wildman–Crippen LogP) is 3.35. The van der Waals surface area contributed by atoms with E-state index in [2.05, 4.69) is 10.0 Å². The molecule has 0 saturated heterocycles. The molecule has 0 fully saturated rings. The third kappa shape index (κ3) is 3.19. The Labute approximate surface area is 93.9 Å². The first-order valence-electron chi connectivity index (χ1n) is 4.87. The van der Waals surface area contributed by atoms with E-state index in [1.165, 1.54) is 0 Å². The lowest BCUT2D eigenvalue weighted by Crippen LogP contribution is -1.94. The Hall–Kier alpha value is -2.18. The van der Waals surface area contributed by atoms with Crippen LogP contribution in [0.2, 0.25) is 0 Å². The Morgan fingerprint density at radius 2 is 2.19 bits per heavy atom. The van der Waals surface area contributed by atoms with Crippen LogP contribution in [0.3, 0.4) is 0 Å². The monoisotopic (exact) mass is 216 g/mol. The predicted molar refractivity (Wildman–Crippen MR) is 59.7 cm³/mol. The number of benzene rings is 1. The normalized spacial score (nSPS) is 11.0. The van der Waals surface area contributed by atoms with Gasteiger partial charge in [0.2, 0.25) is 0 Å². The highest BCUT2D eigenvalue weighted by molar-refractivity contribution is 5.29. The second-order valence-electron chi connectivity index (χ2n) is 3.19. The van der Waals surface area contributed by atoms with Gasteiger partial charge >= 0.3 is 0 Å². The summed E-state index contributed by atoms with van der Waals surface area (Å²) in [5.74, 6) is 0.753. The number of hydrogen-bond acceptors (Lipinski definition) is 3. The van der Waals surface area contributed by atoms with Crippen LogP contribution < -0.4 is 4.74 Å². The fraction of sp³-hybridized carbons (Fsp3) is 0.364. The number of azide groups is 1. The summed E-state index contributed by atoms with van der Waals surface area (Å²) in [6, 6.07) is 9.06. The molecular weight excluding hydrogens is 204 g/mol. The van der Waals surface area contributed by atoms with Gasteiger partial charge in [-0.3, -0.25) is 0 Å². The second-order valence-corrected chi connectivity index (χ2v) is 3.19. The number of hydrogen-bond donors (Lipinski definition) is 0. The summed E-state index contributed by atoms with van der Waals surface area (Å²) in [4.78, 5) is 2.79. The highest BCUT2D eigenvalue weighted by atomic mass is 16.5. The lowest BCUT2D eigenvalue weighted by Gasteiger charge is -2.09. The number of rotatable bonds is 5. The number of methoxy groups -OCH3 is 1. The van der Waals surface area contributed by atoms with E-state index in [1.54, 1.807) is 7.11 Å². The van der Waals surface area contributed by atoms with Gasteiger partial charge in [-0.05, 0) is 29.6 Å². The molecule has 0 aliphatic heterocycles. The Morgan fingerprint density at radius 3 is 2.69 bits per heavy atom. The number of nitriles is 1. The molecule has 1 unspecified atom stereocenters. The van der Waals surface area contributed by atoms with E-state index in [-0.39, 0.29) is 6.04 Å². The molecule has 1 atom stereocenters. The second kappa shape index (κ2) is 6.33. The summed E-state index contributed by atoms with van der Waals surface area (Å²) < 4.78 is 5.03. The lowest BCUT2D eigenvalue weighted by atomic mass is 10.0. The summed E-state index contributed by atoms with van der Waals surface area (Å²) in [6.45, 7) is 0. The van der Waals surface area contributed by atoms with Crippen LogP contribution in [0.15, 0.2) is 29.4 Å². The molecule has 0 amide bonds. The summed E-state index contributed by atoms with van der Waals surface area (Å²) in [5, 5.41) is 12.2. The van der Waals surface area contributed by atoms with Crippen LogP contribution in [0, 0.1) is 11.3 Å². The number of nitrogens with zero attached hydrogens (tertiary/aromatic N) is 4. The van der Waals surface area contributed by atoms with Gasteiger partial charge in [-0.25, -0.2) is 0 Å². The molecule has 82 valence electrons. The molecule has 5 nitrogen and oxygen atoms in total. The van der Waals surface area contributed by atoms with Crippen molar-refractivity contribution in [2.75, 3.05) is 7.11 Å². The average Bonchev–Trinajstić information content (AvgIpc) is 2.35. The van der Waals surface area contributed by atoms with Gasteiger partial charge in [0, 0.05) is 11.3 Å². The molecule has 1 aromatic rings. The molecule has 0 aliphatic carbocycles. The van der Waals surface area contributed by atoms with E-state index < -0.39 is 0 Å². The van der Waals surface area contributed by atoms with Crippen molar-refractivity contribution >= 4 is 0 Å². The van der Waals surface area contributed by atoms with Gasteiger partial charge < -0.3 is 4.74 Å². The zero-order chi connectivity index (χ0) is 11.8. The first kappa shape index (κ1) is 11.9. The van der Waals surface area contributed by atoms with Crippen molar-refractivity contribution in [2.24, 2.45) is 5.11 Å². The summed E-state index contributed by atoms with van der Waals surface area (Å²) in [6.07, 6.45) is 0.905. The van der Waals surface area contributed by atoms with E-state index in [9.17, 15) is 0 Å². The lowest BCUT2D eigenvalue weighted by molar-refractivity contribution is 0.414. The molecule has 0 spiro atoms. The smallest absolute Gasteiger partial charge is 0.118 e. The standard InChI is InChI=1S/C11H12N4O/c1-16-10-6-4-9(5-7-10)11(14-15-13)3-2-8-12/h4-7,11H,2-3H2,1H3. The fourth-order valence-electron chi connectivity index (χ4n) is 1.38. The molecule has 0 heterocycles. The minimum atomic E-state index is -0.282. The van der Waals surface area contributed by atoms with Crippen molar-refractivity contribution in [2.45, 2.75) is 18.9 Å². The molecule has 1 aromatic carbocycles. The van der Waals surface area contributed by atoms with Crippen LogP contribution in [0.5, 0.6) is 5.75 Å². The molecule has 0 radical (unpaired) electrons. The van der Waals surface area contributed by atoms with Gasteiger partial charge in [0.25, 0.3) is 0 Å². The largest absolute Gasteiger partial charge is 0.497 e. The first-order valence-corrected chi connectivity index (χ1v) is 4.87. The maximum Gasteiger partial charge on any atom is 0.118 e. The molecule has 16 heavy (non-hydrogen) atoms. The third-order valence-corrected chi connectivity index (χ3v) is 2.22. The van der Waals surface area contributed by atoms with Crippen LogP contribution in [0.25, 0.3) is 10.4 Å². The Bertz CT molecular complexity index is 415. The van der Waals surface area contributed by atoms with Crippen LogP contribution in [-0.4, -0.2) is 7.11 Å². The minimum Gasteiger partial charge on any atom is -0.497 e. The SMILES string of the molecule is COc1ccc(C(CCC#N)N=[N+]=[N-])cc1. The molecule has 1 rings (SSSR count). The van der Waals surface area contributed by atoms with E-state index in [0.717, 1.165) is 11.3 Å². The fourth-order valence-corrected chi connectivity index (χ4v) is 1.38. The van der Waals surface area contributed by atoms with Crippen molar-refractivity contribution in [3.8, 4) is 11.8 Å². The minimum absolute atomic E-state index is 0.282. The van der Waals surface area contributed by atoms with Gasteiger partial charge in [0.1, 0.15) is 5.75 Å². The molecule has 0 aliphatic rings. The molecular formula is C11H12N4O. The van der Waals surface area contributed by atoms with Crippen molar-refractivity contribution in [3.05, 3.63) is 40.3 Å². The maximum absolute atomic E-state index is 8.51. The summed E-state index contributed by atoms with van der Waals surface area (Å²) >= 11 is 0. The van der Waals surface area contributed by atoms with Crippen LogP contribution >= 0.6 is 0 Å². The first-order chi connectivity index (χ1) is 7.81. The quantitative estimate of drug-likeness (QED) is 0.429. The Balaban J connectivity index is 2.84. The molecule has 0 saturated carbocycles. The van der Waals surface area contributed by atoms with Gasteiger partial charge in [0.05, 0.1) is 19.2 Å². The van der Waals surface area contributed by atoms with E-state index in [0.29, 0.717) is 12.8 Å². The van der Waals surface area contributed by atoms with Crippen LogP contribution in [0.1, 0.15) is 24.4 Å². The highest BCUT2D eigenvalue weighted by Gasteiger charge is 2.08. The molecule has 0 aromatic heterocycles. The zero-order valence-electron chi connectivity index (χ0n) is 9.00. The molecule has 0 N–H and O–H groups in total. The van der Waals surface area contributed by atoms with Gasteiger partial charge in [-0.2, -0.15) is 5.26 Å². The molecule has 5 heteroatoms. The van der Waals surface area contributed by atoms with Crippen molar-refractivity contribution < 1.29 is 4.74 Å². The third-order valence-electron chi connectivity index (χ3n) is 2.22. The van der Waals surface area contributed by atoms with E-state index in [1.807, 2.05) is 30.3 Å². The Morgan fingerprint density at radius 1 is 1.50 bits per heavy atom. The van der Waals surface area contributed by atoms with E-state index in [4.69, 9.17) is 15.5 Å². The topological polar surface area (TPSA) is 81.8 Å². The maximum atomic E-state index is 8.51. The highest BCUT2D eigenvalue weighted by Crippen LogP contribution is 2.24. The summed E-state index contributed by atoms with van der Waals surface area (Å²) in [5.41, 5.74) is 9.35. The van der Waals surface area contributed by atoms with Crippen LogP contribution in [-0.2, 0) is 0 Å². The van der Waals surface area contributed by atoms with Crippen molar-refractivity contribution in [1.29, 1.82) is 5.26 Å². The van der Waals surface area contributed by atoms with Crippen LogP contribution in [0.4, 0.5) is 0 Å².